The fraction of sp³-hybridized carbons (Fsp3) is 0.833. The summed E-state index contributed by atoms with van der Waals surface area (Å²) >= 11 is 0. The number of halogens is 3. The zero-order valence-electron chi connectivity index (χ0n) is 15.2. The predicted octanol–water partition coefficient (Wildman–Crippen LogP) is 3.63. The van der Waals surface area contributed by atoms with Gasteiger partial charge in [0.15, 0.2) is 5.60 Å². The highest BCUT2D eigenvalue weighted by Gasteiger charge is 2.55. The van der Waals surface area contributed by atoms with E-state index in [1.165, 1.54) is 0 Å². The molecule has 0 heterocycles. The smallest absolute Gasteiger partial charge is 0.419 e. The Bertz CT molecular complexity index is 539. The Morgan fingerprint density at radius 2 is 1.80 bits per heavy atom. The molecule has 0 amide bonds. The standard InChI is InChI=1S/C18H27F3O4/c1-10(2)15(22)25-14-8-11-6-12(14)13(7-11)16(3,4)24-9-17(5,23)18(19,20)21/h11-14,23H,1,6-9H2,2-5H3. The number of aliphatic hydroxyl groups is 1. The van der Waals surface area contributed by atoms with Crippen molar-refractivity contribution in [1.82, 2.24) is 0 Å². The Kier molecular flexibility index (Phi) is 5.32. The van der Waals surface area contributed by atoms with E-state index in [0.29, 0.717) is 18.4 Å². The van der Waals surface area contributed by atoms with Crippen LogP contribution in [0.2, 0.25) is 0 Å². The minimum absolute atomic E-state index is 0.0294. The minimum Gasteiger partial charge on any atom is -0.459 e. The van der Waals surface area contributed by atoms with Crippen LogP contribution in [0.1, 0.15) is 47.0 Å². The van der Waals surface area contributed by atoms with Crippen LogP contribution >= 0.6 is 0 Å². The van der Waals surface area contributed by atoms with E-state index in [4.69, 9.17) is 9.47 Å². The van der Waals surface area contributed by atoms with Crippen molar-refractivity contribution in [3.63, 3.8) is 0 Å². The van der Waals surface area contributed by atoms with Crippen LogP contribution in [0.5, 0.6) is 0 Å². The molecule has 0 aromatic heterocycles. The van der Waals surface area contributed by atoms with Gasteiger partial charge in [-0.15, -0.1) is 0 Å². The maximum absolute atomic E-state index is 12.8. The normalized spacial score (nSPS) is 31.7. The SMILES string of the molecule is C=C(C)C(=O)OC1CC2CC1C(C(C)(C)OCC(C)(O)C(F)(F)F)C2. The van der Waals surface area contributed by atoms with Gasteiger partial charge in [0, 0.05) is 11.5 Å². The summed E-state index contributed by atoms with van der Waals surface area (Å²) in [6.45, 7) is 8.52. The van der Waals surface area contributed by atoms with Crippen LogP contribution in [0.25, 0.3) is 0 Å². The van der Waals surface area contributed by atoms with E-state index >= 15 is 0 Å². The zero-order valence-corrected chi connectivity index (χ0v) is 15.2. The molecular formula is C18H27F3O4. The second-order valence-corrected chi connectivity index (χ2v) is 8.23. The van der Waals surface area contributed by atoms with Gasteiger partial charge in [-0.25, -0.2) is 4.79 Å². The molecule has 0 saturated heterocycles. The van der Waals surface area contributed by atoms with Crippen molar-refractivity contribution < 1.29 is 32.5 Å². The average Bonchev–Trinajstić information content (AvgIpc) is 3.04. The number of rotatable bonds is 6. The van der Waals surface area contributed by atoms with Crippen molar-refractivity contribution in [1.29, 1.82) is 0 Å². The topological polar surface area (TPSA) is 55.8 Å². The van der Waals surface area contributed by atoms with Gasteiger partial charge < -0.3 is 14.6 Å². The summed E-state index contributed by atoms with van der Waals surface area (Å²) in [7, 11) is 0. The van der Waals surface area contributed by atoms with Crippen molar-refractivity contribution in [3.8, 4) is 0 Å². The molecule has 0 spiro atoms. The van der Waals surface area contributed by atoms with Crippen molar-refractivity contribution in [2.24, 2.45) is 17.8 Å². The molecule has 0 aromatic carbocycles. The molecule has 2 fully saturated rings. The highest BCUT2D eigenvalue weighted by molar-refractivity contribution is 5.87. The van der Waals surface area contributed by atoms with Gasteiger partial charge in [0.25, 0.3) is 0 Å². The van der Waals surface area contributed by atoms with Crippen LogP contribution in [0.15, 0.2) is 12.2 Å². The molecule has 2 aliphatic carbocycles. The number of carbonyl (C=O) groups excluding carboxylic acids is 1. The molecule has 0 radical (unpaired) electrons. The lowest BCUT2D eigenvalue weighted by Crippen LogP contribution is -2.50. The average molecular weight is 364 g/mol. The Morgan fingerprint density at radius 1 is 1.20 bits per heavy atom. The van der Waals surface area contributed by atoms with E-state index in [1.54, 1.807) is 20.8 Å². The summed E-state index contributed by atoms with van der Waals surface area (Å²) in [5.74, 6) is -0.0312. The van der Waals surface area contributed by atoms with Gasteiger partial charge in [0.05, 0.1) is 12.2 Å². The Labute approximate surface area is 146 Å². The zero-order chi connectivity index (χ0) is 19.2. The summed E-state index contributed by atoms with van der Waals surface area (Å²) in [4.78, 5) is 11.8. The van der Waals surface area contributed by atoms with Gasteiger partial charge in [0.2, 0.25) is 0 Å². The van der Waals surface area contributed by atoms with Crippen molar-refractivity contribution >= 4 is 5.97 Å². The molecule has 1 N–H and O–H groups in total. The number of carbonyl (C=O) groups is 1. The molecule has 2 rings (SSSR count). The molecule has 25 heavy (non-hydrogen) atoms. The Hall–Kier alpha value is -1.08. The fourth-order valence-electron chi connectivity index (χ4n) is 3.97. The maximum atomic E-state index is 12.8. The van der Waals surface area contributed by atoms with Gasteiger partial charge in [-0.05, 0) is 58.8 Å². The monoisotopic (exact) mass is 364 g/mol. The molecule has 5 atom stereocenters. The Balaban J connectivity index is 2.02. The molecule has 2 saturated carbocycles. The number of hydrogen-bond acceptors (Lipinski definition) is 4. The van der Waals surface area contributed by atoms with Crippen molar-refractivity contribution in [3.05, 3.63) is 12.2 Å². The third-order valence-electron chi connectivity index (χ3n) is 5.59. The quantitative estimate of drug-likeness (QED) is 0.578. The van der Waals surface area contributed by atoms with Crippen LogP contribution < -0.4 is 0 Å². The first-order valence-electron chi connectivity index (χ1n) is 8.54. The predicted molar refractivity (Wildman–Crippen MR) is 85.7 cm³/mol. The van der Waals surface area contributed by atoms with E-state index in [9.17, 15) is 23.1 Å². The van der Waals surface area contributed by atoms with E-state index in [-0.39, 0.29) is 17.9 Å². The summed E-state index contributed by atoms with van der Waals surface area (Å²) in [5.41, 5.74) is -3.42. The van der Waals surface area contributed by atoms with Crippen LogP contribution in [0.3, 0.4) is 0 Å². The third kappa shape index (κ3) is 4.19. The van der Waals surface area contributed by atoms with Crippen LogP contribution in [-0.4, -0.2) is 41.2 Å². The minimum atomic E-state index is -4.75. The van der Waals surface area contributed by atoms with Crippen molar-refractivity contribution in [2.45, 2.75) is 70.4 Å². The summed E-state index contributed by atoms with van der Waals surface area (Å²) in [6, 6.07) is 0. The first kappa shape index (κ1) is 20.2. The van der Waals surface area contributed by atoms with Gasteiger partial charge in [0.1, 0.15) is 6.10 Å². The molecule has 0 aliphatic heterocycles. The molecule has 4 nitrogen and oxygen atoms in total. The van der Waals surface area contributed by atoms with E-state index in [1.807, 2.05) is 0 Å². The molecule has 2 bridgehead atoms. The van der Waals surface area contributed by atoms with Gasteiger partial charge >= 0.3 is 12.1 Å². The molecule has 144 valence electrons. The van der Waals surface area contributed by atoms with E-state index in [2.05, 4.69) is 6.58 Å². The highest BCUT2D eigenvalue weighted by Crippen LogP contribution is 2.54. The number of ether oxygens (including phenoxy) is 2. The fourth-order valence-corrected chi connectivity index (χ4v) is 3.97. The lowest BCUT2D eigenvalue weighted by atomic mass is 9.76. The lowest BCUT2D eigenvalue weighted by molar-refractivity contribution is -0.279. The first-order chi connectivity index (χ1) is 11.2. The van der Waals surface area contributed by atoms with Crippen LogP contribution in [0.4, 0.5) is 13.2 Å². The van der Waals surface area contributed by atoms with E-state index < -0.39 is 30.0 Å². The molecule has 2 aliphatic rings. The third-order valence-corrected chi connectivity index (χ3v) is 5.59. The van der Waals surface area contributed by atoms with Gasteiger partial charge in [-0.2, -0.15) is 13.2 Å². The number of hydrogen-bond donors (Lipinski definition) is 1. The number of alkyl halides is 3. The Morgan fingerprint density at radius 3 is 2.28 bits per heavy atom. The maximum Gasteiger partial charge on any atom is 0.419 e. The largest absolute Gasteiger partial charge is 0.459 e. The van der Waals surface area contributed by atoms with Gasteiger partial charge in [-0.3, -0.25) is 0 Å². The molecule has 5 unspecified atom stereocenters. The summed E-state index contributed by atoms with van der Waals surface area (Å²) in [6.07, 6.45) is -2.53. The first-order valence-corrected chi connectivity index (χ1v) is 8.54. The molecule has 7 heteroatoms. The molecule has 0 aromatic rings. The van der Waals surface area contributed by atoms with Gasteiger partial charge in [-0.1, -0.05) is 6.58 Å². The van der Waals surface area contributed by atoms with Crippen LogP contribution in [0, 0.1) is 17.8 Å². The number of fused-ring (bicyclic) bond motifs is 2. The summed E-state index contributed by atoms with van der Waals surface area (Å²) in [5, 5.41) is 9.59. The molecular weight excluding hydrogens is 337 g/mol. The highest BCUT2D eigenvalue weighted by atomic mass is 19.4. The lowest BCUT2D eigenvalue weighted by Gasteiger charge is -2.41. The van der Waals surface area contributed by atoms with E-state index in [0.717, 1.165) is 19.3 Å². The van der Waals surface area contributed by atoms with Crippen LogP contribution in [-0.2, 0) is 14.3 Å². The second-order valence-electron chi connectivity index (χ2n) is 8.23. The van der Waals surface area contributed by atoms with Crippen molar-refractivity contribution in [2.75, 3.05) is 6.61 Å². The summed E-state index contributed by atoms with van der Waals surface area (Å²) < 4.78 is 49.5. The number of esters is 1. The second kappa shape index (κ2) is 6.58.